The Balaban J connectivity index is 2.61. The smallest absolute Gasteiger partial charge is 0.0624 e. The summed E-state index contributed by atoms with van der Waals surface area (Å²) < 4.78 is 0. The van der Waals surface area contributed by atoms with Gasteiger partial charge in [0, 0.05) is 5.69 Å². The van der Waals surface area contributed by atoms with Crippen LogP contribution in [0.5, 0.6) is 0 Å². The second kappa shape index (κ2) is 2.67. The molecule has 0 fully saturated rings. The van der Waals surface area contributed by atoms with Crippen molar-refractivity contribution in [3.05, 3.63) is 17.5 Å². The molecule has 0 radical (unpaired) electrons. The number of hydrogen-bond donors (Lipinski definition) is 1. The largest absolute Gasteiger partial charge is 0.283 e. The number of aryl methyl sites for hydroxylation is 2. The van der Waals surface area contributed by atoms with Crippen LogP contribution in [0.25, 0.3) is 0 Å². The van der Waals surface area contributed by atoms with Crippen LogP contribution in [0.3, 0.4) is 0 Å². The first-order chi connectivity index (χ1) is 4.33. The van der Waals surface area contributed by atoms with Crippen molar-refractivity contribution in [2.75, 3.05) is 0 Å². The molecule has 2 nitrogen and oxygen atoms in total. The minimum absolute atomic E-state index is 1.09. The van der Waals surface area contributed by atoms with Crippen LogP contribution in [0.1, 0.15) is 24.7 Å². The van der Waals surface area contributed by atoms with E-state index in [2.05, 4.69) is 23.2 Å². The first-order valence-electron chi connectivity index (χ1n) is 3.34. The van der Waals surface area contributed by atoms with E-state index < -0.39 is 0 Å². The van der Waals surface area contributed by atoms with E-state index in [0.29, 0.717) is 0 Å². The van der Waals surface area contributed by atoms with E-state index in [1.165, 1.54) is 12.1 Å². The summed E-state index contributed by atoms with van der Waals surface area (Å²) >= 11 is 0. The number of nitrogens with zero attached hydrogens (tertiary/aromatic N) is 1. The Morgan fingerprint density at radius 2 is 2.44 bits per heavy atom. The molecular formula is C7H12N2. The zero-order valence-electron chi connectivity index (χ0n) is 5.94. The topological polar surface area (TPSA) is 28.7 Å². The number of aromatic amines is 1. The monoisotopic (exact) mass is 124 g/mol. The van der Waals surface area contributed by atoms with Crippen LogP contribution in [0.4, 0.5) is 0 Å². The van der Waals surface area contributed by atoms with E-state index >= 15 is 0 Å². The van der Waals surface area contributed by atoms with Crippen molar-refractivity contribution in [2.24, 2.45) is 0 Å². The quantitative estimate of drug-likeness (QED) is 0.638. The van der Waals surface area contributed by atoms with Gasteiger partial charge in [0.2, 0.25) is 0 Å². The lowest BCUT2D eigenvalue weighted by Crippen LogP contribution is -1.80. The predicted molar refractivity (Wildman–Crippen MR) is 37.3 cm³/mol. The van der Waals surface area contributed by atoms with Crippen molar-refractivity contribution in [3.63, 3.8) is 0 Å². The second-order valence-electron chi connectivity index (χ2n) is 2.29. The molecule has 0 aliphatic rings. The van der Waals surface area contributed by atoms with Crippen molar-refractivity contribution in [1.82, 2.24) is 10.2 Å². The van der Waals surface area contributed by atoms with Gasteiger partial charge in [-0.15, -0.1) is 0 Å². The number of H-pyrrole nitrogens is 1. The number of aromatic nitrogens is 2. The van der Waals surface area contributed by atoms with E-state index in [9.17, 15) is 0 Å². The summed E-state index contributed by atoms with van der Waals surface area (Å²) in [5.74, 6) is 0. The predicted octanol–water partition coefficient (Wildman–Crippen LogP) is 1.67. The van der Waals surface area contributed by atoms with Crippen LogP contribution in [0, 0.1) is 6.92 Å². The van der Waals surface area contributed by atoms with Gasteiger partial charge in [0.05, 0.1) is 5.69 Å². The third kappa shape index (κ3) is 1.56. The van der Waals surface area contributed by atoms with Gasteiger partial charge >= 0.3 is 0 Å². The summed E-state index contributed by atoms with van der Waals surface area (Å²) in [6.45, 7) is 4.18. The van der Waals surface area contributed by atoms with Gasteiger partial charge in [0.15, 0.2) is 0 Å². The minimum Gasteiger partial charge on any atom is -0.283 e. The van der Waals surface area contributed by atoms with E-state index in [1.807, 2.05) is 6.92 Å². The summed E-state index contributed by atoms with van der Waals surface area (Å²) in [5.41, 5.74) is 2.33. The van der Waals surface area contributed by atoms with E-state index in [4.69, 9.17) is 0 Å². The molecule has 1 N–H and O–H groups in total. The standard InChI is InChI=1S/C7H12N2/c1-3-4-7-5-6(2)8-9-7/h5H,3-4H2,1-2H3,(H,8,9). The third-order valence-electron chi connectivity index (χ3n) is 1.27. The maximum absolute atomic E-state index is 4.08. The molecule has 0 atom stereocenters. The molecule has 0 aliphatic heterocycles. The molecule has 0 saturated carbocycles. The highest BCUT2D eigenvalue weighted by Gasteiger charge is 1.93. The molecule has 2 heteroatoms. The van der Waals surface area contributed by atoms with E-state index in [-0.39, 0.29) is 0 Å². The number of nitrogens with one attached hydrogen (secondary N) is 1. The van der Waals surface area contributed by atoms with Gasteiger partial charge in [-0.1, -0.05) is 13.3 Å². The summed E-state index contributed by atoms with van der Waals surface area (Å²) in [6.07, 6.45) is 2.26. The van der Waals surface area contributed by atoms with Crippen LogP contribution < -0.4 is 0 Å². The van der Waals surface area contributed by atoms with Crippen LogP contribution in [-0.4, -0.2) is 10.2 Å². The first-order valence-corrected chi connectivity index (χ1v) is 3.34. The van der Waals surface area contributed by atoms with Gasteiger partial charge in [-0.25, -0.2) is 0 Å². The van der Waals surface area contributed by atoms with Crippen LogP contribution in [-0.2, 0) is 6.42 Å². The lowest BCUT2D eigenvalue weighted by molar-refractivity contribution is 0.865. The Morgan fingerprint density at radius 1 is 1.67 bits per heavy atom. The molecule has 1 aromatic rings. The molecule has 0 unspecified atom stereocenters. The van der Waals surface area contributed by atoms with E-state index in [1.54, 1.807) is 0 Å². The van der Waals surface area contributed by atoms with Crippen LogP contribution >= 0.6 is 0 Å². The zero-order valence-corrected chi connectivity index (χ0v) is 5.94. The van der Waals surface area contributed by atoms with Gasteiger partial charge < -0.3 is 0 Å². The normalized spacial score (nSPS) is 10.0. The molecular weight excluding hydrogens is 112 g/mol. The maximum atomic E-state index is 4.08. The minimum atomic E-state index is 1.09. The molecule has 0 spiro atoms. The van der Waals surface area contributed by atoms with Crippen molar-refractivity contribution in [3.8, 4) is 0 Å². The maximum Gasteiger partial charge on any atom is 0.0624 e. The van der Waals surface area contributed by atoms with Crippen LogP contribution in [0.2, 0.25) is 0 Å². The Hall–Kier alpha value is -0.790. The van der Waals surface area contributed by atoms with Gasteiger partial charge in [-0.05, 0) is 19.4 Å². The summed E-state index contributed by atoms with van der Waals surface area (Å²) in [5, 5.41) is 6.98. The molecule has 0 bridgehead atoms. The molecule has 50 valence electrons. The Kier molecular flexibility index (Phi) is 1.88. The van der Waals surface area contributed by atoms with Crippen molar-refractivity contribution in [1.29, 1.82) is 0 Å². The highest BCUT2D eigenvalue weighted by Crippen LogP contribution is 1.99. The summed E-state index contributed by atoms with van der Waals surface area (Å²) in [7, 11) is 0. The van der Waals surface area contributed by atoms with Gasteiger partial charge in [0.25, 0.3) is 0 Å². The molecule has 0 aliphatic carbocycles. The highest BCUT2D eigenvalue weighted by molar-refractivity contribution is 5.06. The average molecular weight is 124 g/mol. The van der Waals surface area contributed by atoms with Gasteiger partial charge in [-0.2, -0.15) is 5.10 Å². The van der Waals surface area contributed by atoms with E-state index in [0.717, 1.165) is 12.1 Å². The van der Waals surface area contributed by atoms with Crippen molar-refractivity contribution >= 4 is 0 Å². The van der Waals surface area contributed by atoms with Crippen molar-refractivity contribution < 1.29 is 0 Å². The highest BCUT2D eigenvalue weighted by atomic mass is 15.1. The molecule has 0 saturated heterocycles. The summed E-state index contributed by atoms with van der Waals surface area (Å²) in [6, 6.07) is 2.09. The fourth-order valence-electron chi connectivity index (χ4n) is 0.859. The molecule has 1 heterocycles. The molecule has 1 rings (SSSR count). The molecule has 0 aromatic carbocycles. The SMILES string of the molecule is CCCc1cc(C)[nH]n1. The molecule has 1 aromatic heterocycles. The Bertz CT molecular complexity index is 179. The summed E-state index contributed by atoms with van der Waals surface area (Å²) in [4.78, 5) is 0. The fraction of sp³-hybridized carbons (Fsp3) is 0.571. The Labute approximate surface area is 55.3 Å². The van der Waals surface area contributed by atoms with Gasteiger partial charge in [0.1, 0.15) is 0 Å². The first kappa shape index (κ1) is 6.33. The molecule has 9 heavy (non-hydrogen) atoms. The number of rotatable bonds is 2. The average Bonchev–Trinajstić information content (AvgIpc) is 2.17. The van der Waals surface area contributed by atoms with Crippen LogP contribution in [0.15, 0.2) is 6.07 Å². The molecule has 0 amide bonds. The number of hydrogen-bond acceptors (Lipinski definition) is 1. The van der Waals surface area contributed by atoms with Crippen molar-refractivity contribution in [2.45, 2.75) is 26.7 Å². The second-order valence-corrected chi connectivity index (χ2v) is 2.29. The van der Waals surface area contributed by atoms with Gasteiger partial charge in [-0.3, -0.25) is 5.10 Å². The lowest BCUT2D eigenvalue weighted by Gasteiger charge is -1.84. The zero-order chi connectivity index (χ0) is 6.69. The lowest BCUT2D eigenvalue weighted by atomic mass is 10.2. The third-order valence-corrected chi connectivity index (χ3v) is 1.27. The fourth-order valence-corrected chi connectivity index (χ4v) is 0.859. The Morgan fingerprint density at radius 3 is 2.89 bits per heavy atom.